The van der Waals surface area contributed by atoms with Crippen molar-refractivity contribution in [2.45, 2.75) is 26.7 Å². The summed E-state index contributed by atoms with van der Waals surface area (Å²) in [6.07, 6.45) is 1.85. The second-order valence-electron chi connectivity index (χ2n) is 5.40. The highest BCUT2D eigenvalue weighted by molar-refractivity contribution is 14.0. The number of halogens is 1. The summed E-state index contributed by atoms with van der Waals surface area (Å²) in [5.74, 6) is 0.833. The molecule has 124 valence electrons. The van der Waals surface area contributed by atoms with Gasteiger partial charge in [-0.25, -0.2) is 4.99 Å². The van der Waals surface area contributed by atoms with Gasteiger partial charge in [0, 0.05) is 13.1 Å². The quantitative estimate of drug-likeness (QED) is 0.343. The van der Waals surface area contributed by atoms with Crippen molar-refractivity contribution in [3.05, 3.63) is 35.9 Å². The van der Waals surface area contributed by atoms with Crippen molar-refractivity contribution in [1.29, 1.82) is 0 Å². The van der Waals surface area contributed by atoms with Gasteiger partial charge in [0.2, 0.25) is 5.91 Å². The normalized spacial score (nSPS) is 11.0. The number of nitrogens with one attached hydrogen (secondary N) is 2. The monoisotopic (exact) mass is 418 g/mol. The average molecular weight is 418 g/mol. The van der Waals surface area contributed by atoms with Crippen LogP contribution >= 0.6 is 24.0 Å². The zero-order chi connectivity index (χ0) is 15.5. The van der Waals surface area contributed by atoms with E-state index in [4.69, 9.17) is 5.73 Å². The Balaban J connectivity index is 0.00000441. The lowest BCUT2D eigenvalue weighted by atomic mass is 10.1. The Hall–Kier alpha value is -1.31. The van der Waals surface area contributed by atoms with Crippen molar-refractivity contribution in [3.63, 3.8) is 0 Å². The van der Waals surface area contributed by atoms with Crippen LogP contribution in [0.25, 0.3) is 0 Å². The number of hydrogen-bond donors (Lipinski definition) is 3. The van der Waals surface area contributed by atoms with Gasteiger partial charge in [-0.1, -0.05) is 44.2 Å². The van der Waals surface area contributed by atoms with Crippen LogP contribution < -0.4 is 16.4 Å². The molecule has 0 fully saturated rings. The first-order chi connectivity index (χ1) is 10.1. The lowest BCUT2D eigenvalue weighted by Gasteiger charge is -2.07. The number of carbonyl (C=O) groups excluding carboxylic acids is 1. The number of hydrogen-bond acceptors (Lipinski definition) is 2. The Kier molecular flexibility index (Phi) is 11.5. The van der Waals surface area contributed by atoms with Gasteiger partial charge in [-0.15, -0.1) is 24.0 Å². The number of rotatable bonds is 8. The first-order valence-electron chi connectivity index (χ1n) is 7.42. The van der Waals surface area contributed by atoms with E-state index in [0.29, 0.717) is 18.4 Å². The van der Waals surface area contributed by atoms with Crippen molar-refractivity contribution < 1.29 is 4.79 Å². The van der Waals surface area contributed by atoms with Crippen LogP contribution in [0.4, 0.5) is 0 Å². The fourth-order valence-electron chi connectivity index (χ4n) is 1.75. The zero-order valence-electron chi connectivity index (χ0n) is 13.3. The van der Waals surface area contributed by atoms with Crippen LogP contribution in [-0.4, -0.2) is 31.5 Å². The van der Waals surface area contributed by atoms with Crippen molar-refractivity contribution >= 4 is 35.8 Å². The number of nitrogens with two attached hydrogens (primary N) is 1. The predicted octanol–water partition coefficient (Wildman–Crippen LogP) is 1.91. The third kappa shape index (κ3) is 10.4. The SMILES string of the molecule is CC(C)CCNC(N)=NCC(=O)NCCc1ccccc1.I. The number of guanidine groups is 1. The van der Waals surface area contributed by atoms with Crippen molar-refractivity contribution in [2.24, 2.45) is 16.6 Å². The highest BCUT2D eigenvalue weighted by atomic mass is 127. The van der Waals surface area contributed by atoms with Crippen molar-refractivity contribution in [3.8, 4) is 0 Å². The highest BCUT2D eigenvalue weighted by Gasteiger charge is 2.00. The number of nitrogens with zero attached hydrogens (tertiary/aromatic N) is 1. The summed E-state index contributed by atoms with van der Waals surface area (Å²) in [4.78, 5) is 15.6. The minimum atomic E-state index is -0.112. The second-order valence-corrected chi connectivity index (χ2v) is 5.40. The minimum absolute atomic E-state index is 0. The maximum Gasteiger partial charge on any atom is 0.241 e. The maximum absolute atomic E-state index is 11.6. The molecular weight excluding hydrogens is 391 g/mol. The Labute approximate surface area is 150 Å². The standard InChI is InChI=1S/C16H26N4O.HI/c1-13(2)8-10-19-16(17)20-12-15(21)18-11-9-14-6-4-3-5-7-14;/h3-7,13H,8-12H2,1-2H3,(H,18,21)(H3,17,19,20);1H. The molecule has 1 aromatic carbocycles. The predicted molar refractivity (Wildman–Crippen MR) is 103 cm³/mol. The van der Waals surface area contributed by atoms with E-state index in [1.54, 1.807) is 0 Å². The van der Waals surface area contributed by atoms with E-state index in [1.807, 2.05) is 30.3 Å². The number of carbonyl (C=O) groups is 1. The van der Waals surface area contributed by atoms with Crippen LogP contribution in [0, 0.1) is 5.92 Å². The van der Waals surface area contributed by atoms with E-state index in [0.717, 1.165) is 19.4 Å². The topological polar surface area (TPSA) is 79.5 Å². The van der Waals surface area contributed by atoms with E-state index in [1.165, 1.54) is 5.56 Å². The van der Waals surface area contributed by atoms with Crippen LogP contribution in [0.15, 0.2) is 35.3 Å². The fraction of sp³-hybridized carbons (Fsp3) is 0.500. The number of aliphatic imine (C=N–C) groups is 1. The minimum Gasteiger partial charge on any atom is -0.370 e. The Morgan fingerprint density at radius 1 is 1.18 bits per heavy atom. The molecule has 0 saturated heterocycles. The summed E-state index contributed by atoms with van der Waals surface area (Å²) < 4.78 is 0. The van der Waals surface area contributed by atoms with Crippen LogP contribution in [0.5, 0.6) is 0 Å². The molecule has 1 aromatic rings. The average Bonchev–Trinajstić information content (AvgIpc) is 2.46. The molecule has 0 heterocycles. The zero-order valence-corrected chi connectivity index (χ0v) is 15.7. The van der Waals surface area contributed by atoms with Gasteiger partial charge in [0.25, 0.3) is 0 Å². The molecule has 22 heavy (non-hydrogen) atoms. The summed E-state index contributed by atoms with van der Waals surface area (Å²) in [6.45, 7) is 5.75. The van der Waals surface area contributed by atoms with E-state index < -0.39 is 0 Å². The molecule has 0 spiro atoms. The maximum atomic E-state index is 11.6. The third-order valence-electron chi connectivity index (χ3n) is 3.00. The molecule has 6 heteroatoms. The fourth-order valence-corrected chi connectivity index (χ4v) is 1.75. The molecule has 0 aliphatic carbocycles. The van der Waals surface area contributed by atoms with Gasteiger partial charge in [0.15, 0.2) is 5.96 Å². The molecule has 0 saturated carbocycles. The molecule has 0 aromatic heterocycles. The first-order valence-corrected chi connectivity index (χ1v) is 7.42. The van der Waals surface area contributed by atoms with E-state index in [2.05, 4.69) is 29.5 Å². The molecule has 4 N–H and O–H groups in total. The molecule has 0 aliphatic heterocycles. The molecule has 1 rings (SSSR count). The smallest absolute Gasteiger partial charge is 0.241 e. The van der Waals surface area contributed by atoms with Crippen molar-refractivity contribution in [2.75, 3.05) is 19.6 Å². The molecule has 0 atom stereocenters. The Morgan fingerprint density at radius 3 is 2.50 bits per heavy atom. The molecule has 0 radical (unpaired) electrons. The van der Waals surface area contributed by atoms with Gasteiger partial charge in [0.05, 0.1) is 0 Å². The van der Waals surface area contributed by atoms with Crippen LogP contribution in [0.1, 0.15) is 25.8 Å². The van der Waals surface area contributed by atoms with E-state index >= 15 is 0 Å². The molecule has 1 amide bonds. The summed E-state index contributed by atoms with van der Waals surface area (Å²) in [5, 5.41) is 5.83. The lowest BCUT2D eigenvalue weighted by Crippen LogP contribution is -2.35. The van der Waals surface area contributed by atoms with Gasteiger partial charge >= 0.3 is 0 Å². The number of amides is 1. The molecule has 0 aliphatic rings. The molecule has 0 bridgehead atoms. The third-order valence-corrected chi connectivity index (χ3v) is 3.00. The van der Waals surface area contributed by atoms with Gasteiger partial charge in [-0.2, -0.15) is 0 Å². The van der Waals surface area contributed by atoms with Gasteiger partial charge in [0.1, 0.15) is 6.54 Å². The van der Waals surface area contributed by atoms with E-state index in [9.17, 15) is 4.79 Å². The highest BCUT2D eigenvalue weighted by Crippen LogP contribution is 1.98. The second kappa shape index (κ2) is 12.3. The first kappa shape index (κ1) is 20.7. The molecule has 0 unspecified atom stereocenters. The van der Waals surface area contributed by atoms with Crippen molar-refractivity contribution in [1.82, 2.24) is 10.6 Å². The summed E-state index contributed by atoms with van der Waals surface area (Å²) in [5.41, 5.74) is 6.89. The van der Waals surface area contributed by atoms with Gasteiger partial charge in [-0.05, 0) is 24.3 Å². The largest absolute Gasteiger partial charge is 0.370 e. The molecule has 5 nitrogen and oxygen atoms in total. The summed E-state index contributed by atoms with van der Waals surface area (Å²) >= 11 is 0. The van der Waals surface area contributed by atoms with E-state index in [-0.39, 0.29) is 36.4 Å². The van der Waals surface area contributed by atoms with Crippen LogP contribution in [0.2, 0.25) is 0 Å². The van der Waals surface area contributed by atoms with Crippen LogP contribution in [-0.2, 0) is 11.2 Å². The Morgan fingerprint density at radius 2 is 1.86 bits per heavy atom. The lowest BCUT2D eigenvalue weighted by molar-refractivity contribution is -0.119. The summed E-state index contributed by atoms with van der Waals surface area (Å²) in [7, 11) is 0. The summed E-state index contributed by atoms with van der Waals surface area (Å²) in [6, 6.07) is 10.0. The van der Waals surface area contributed by atoms with Gasteiger partial charge in [-0.3, -0.25) is 4.79 Å². The van der Waals surface area contributed by atoms with Gasteiger partial charge < -0.3 is 16.4 Å². The Bertz CT molecular complexity index is 449. The van der Waals surface area contributed by atoms with Crippen LogP contribution in [0.3, 0.4) is 0 Å². The molecular formula is C16H27IN4O. The number of benzene rings is 1.